The van der Waals surface area contributed by atoms with E-state index in [9.17, 15) is 23.3 Å². The van der Waals surface area contributed by atoms with Crippen LogP contribution in [-0.2, 0) is 20.6 Å². The van der Waals surface area contributed by atoms with Crippen LogP contribution in [0.2, 0.25) is 10.0 Å². The summed E-state index contributed by atoms with van der Waals surface area (Å²) in [7, 11) is -4.15. The average molecular weight is 554 g/mol. The summed E-state index contributed by atoms with van der Waals surface area (Å²) < 4.78 is 27.4. The highest BCUT2D eigenvalue weighted by atomic mass is 35.5. The van der Waals surface area contributed by atoms with Gasteiger partial charge in [-0.05, 0) is 35.9 Å². The fraction of sp³-hybridized carbons (Fsp3) is 0.174. The molecule has 0 saturated carbocycles. The van der Waals surface area contributed by atoms with Gasteiger partial charge in [-0.1, -0.05) is 53.5 Å². The number of hydrogen-bond donors (Lipinski definition) is 1. The molecule has 0 spiro atoms. The molecule has 0 heterocycles. The van der Waals surface area contributed by atoms with Crippen LogP contribution in [0.15, 0.2) is 77.7 Å². The Morgan fingerprint density at radius 2 is 1.74 bits per heavy atom. The van der Waals surface area contributed by atoms with Crippen LogP contribution in [0, 0.1) is 10.1 Å². The molecule has 0 aliphatic rings. The first-order chi connectivity index (χ1) is 16.7. The van der Waals surface area contributed by atoms with E-state index in [1.807, 2.05) is 6.07 Å². The van der Waals surface area contributed by atoms with Gasteiger partial charge in [0.25, 0.3) is 15.7 Å². The molecule has 3 aromatic carbocycles. The van der Waals surface area contributed by atoms with Gasteiger partial charge >= 0.3 is 0 Å². The van der Waals surface area contributed by atoms with Gasteiger partial charge in [0, 0.05) is 30.2 Å². The fourth-order valence-corrected chi connectivity index (χ4v) is 5.63. The van der Waals surface area contributed by atoms with Gasteiger partial charge in [-0.25, -0.2) is 8.42 Å². The smallest absolute Gasteiger partial charge is 0.271 e. The van der Waals surface area contributed by atoms with E-state index in [1.54, 1.807) is 42.1 Å². The quantitative estimate of drug-likeness (QED) is 0.200. The predicted octanol–water partition coefficient (Wildman–Crippen LogP) is 5.15. The molecule has 0 saturated heterocycles. The zero-order chi connectivity index (χ0) is 25.4. The number of amides is 1. The van der Waals surface area contributed by atoms with Crippen LogP contribution in [0.25, 0.3) is 0 Å². The third-order valence-corrected chi connectivity index (χ3v) is 8.33. The third kappa shape index (κ3) is 7.35. The van der Waals surface area contributed by atoms with Gasteiger partial charge in [-0.3, -0.25) is 19.2 Å². The van der Waals surface area contributed by atoms with Crippen LogP contribution in [0.4, 0.5) is 11.4 Å². The second-order valence-electron chi connectivity index (χ2n) is 7.25. The molecule has 0 atom stereocenters. The van der Waals surface area contributed by atoms with Crippen molar-refractivity contribution in [3.05, 3.63) is 98.5 Å². The monoisotopic (exact) mass is 553 g/mol. The van der Waals surface area contributed by atoms with E-state index in [4.69, 9.17) is 23.2 Å². The van der Waals surface area contributed by atoms with Gasteiger partial charge in [-0.2, -0.15) is 11.8 Å². The number of hydrogen-bond acceptors (Lipinski definition) is 6. The number of non-ortho nitro benzene ring substituents is 1. The number of anilines is 1. The summed E-state index contributed by atoms with van der Waals surface area (Å²) in [6.07, 6.45) is 0. The zero-order valence-corrected chi connectivity index (χ0v) is 21.4. The number of nitro groups is 1. The van der Waals surface area contributed by atoms with Crippen molar-refractivity contribution in [1.29, 1.82) is 0 Å². The van der Waals surface area contributed by atoms with E-state index < -0.39 is 27.4 Å². The van der Waals surface area contributed by atoms with Crippen LogP contribution in [0.1, 0.15) is 5.56 Å². The first kappa shape index (κ1) is 26.8. The summed E-state index contributed by atoms with van der Waals surface area (Å²) in [4.78, 5) is 23.2. The number of carbonyl (C=O) groups is 1. The number of rotatable bonds is 11. The normalized spacial score (nSPS) is 11.1. The number of thioether (sulfide) groups is 1. The van der Waals surface area contributed by atoms with E-state index in [1.165, 1.54) is 30.3 Å². The van der Waals surface area contributed by atoms with Crippen LogP contribution >= 0.6 is 35.0 Å². The average Bonchev–Trinajstić information content (AvgIpc) is 2.85. The number of sulfonamides is 1. The summed E-state index contributed by atoms with van der Waals surface area (Å²) >= 11 is 13.5. The third-order valence-electron chi connectivity index (χ3n) is 4.77. The molecule has 0 aliphatic carbocycles. The van der Waals surface area contributed by atoms with E-state index in [-0.39, 0.29) is 16.3 Å². The van der Waals surface area contributed by atoms with Crippen LogP contribution < -0.4 is 9.62 Å². The Bertz CT molecular complexity index is 1310. The summed E-state index contributed by atoms with van der Waals surface area (Å²) in [6, 6.07) is 18.1. The number of carbonyl (C=O) groups excluding carboxylic acids is 1. The Labute approximate surface area is 217 Å². The summed E-state index contributed by atoms with van der Waals surface area (Å²) in [5.74, 6) is 0.703. The maximum absolute atomic E-state index is 13.3. The largest absolute Gasteiger partial charge is 0.354 e. The van der Waals surface area contributed by atoms with E-state index in [0.29, 0.717) is 28.1 Å². The van der Waals surface area contributed by atoms with Gasteiger partial charge in [0.2, 0.25) is 5.91 Å². The minimum atomic E-state index is -4.15. The molecule has 12 heteroatoms. The zero-order valence-electron chi connectivity index (χ0n) is 18.3. The fourth-order valence-electron chi connectivity index (χ4n) is 3.06. The first-order valence-corrected chi connectivity index (χ1v) is 13.6. The summed E-state index contributed by atoms with van der Waals surface area (Å²) in [5.41, 5.74) is 0.726. The molecular weight excluding hydrogens is 533 g/mol. The van der Waals surface area contributed by atoms with Gasteiger partial charge in [0.15, 0.2) is 0 Å². The number of nitrogens with one attached hydrogen (secondary N) is 1. The molecule has 0 radical (unpaired) electrons. The number of nitro benzene ring substituents is 1. The minimum absolute atomic E-state index is 0.0206. The highest BCUT2D eigenvalue weighted by molar-refractivity contribution is 7.98. The Kier molecular flexibility index (Phi) is 9.39. The van der Waals surface area contributed by atoms with Crippen molar-refractivity contribution in [3.8, 4) is 0 Å². The molecule has 0 fully saturated rings. The topological polar surface area (TPSA) is 110 Å². The predicted molar refractivity (Wildman–Crippen MR) is 140 cm³/mol. The SMILES string of the molecule is O=C(CN(c1cccc([N+](=O)[O-])c1)S(=O)(=O)c1ccccc1)NCCSCc1ccc(Cl)c(Cl)c1. The lowest BCUT2D eigenvalue weighted by Crippen LogP contribution is -2.41. The molecule has 0 aliphatic heterocycles. The lowest BCUT2D eigenvalue weighted by Gasteiger charge is -2.24. The maximum Gasteiger partial charge on any atom is 0.271 e. The number of nitrogens with zero attached hydrogens (tertiary/aromatic N) is 2. The molecule has 1 amide bonds. The molecule has 0 bridgehead atoms. The molecule has 184 valence electrons. The van der Waals surface area contributed by atoms with Crippen molar-refractivity contribution in [2.45, 2.75) is 10.6 Å². The Morgan fingerprint density at radius 1 is 1.00 bits per heavy atom. The van der Waals surface area contributed by atoms with Gasteiger partial charge in [0.1, 0.15) is 6.54 Å². The second-order valence-corrected chi connectivity index (χ2v) is 11.0. The molecule has 35 heavy (non-hydrogen) atoms. The first-order valence-electron chi connectivity index (χ1n) is 10.3. The Hall–Kier alpha value is -2.79. The van der Waals surface area contributed by atoms with Crippen LogP contribution in [-0.4, -0.2) is 38.1 Å². The van der Waals surface area contributed by atoms with Gasteiger partial charge < -0.3 is 5.32 Å². The van der Waals surface area contributed by atoms with Crippen molar-refractivity contribution in [1.82, 2.24) is 5.32 Å². The summed E-state index contributed by atoms with van der Waals surface area (Å²) in [5, 5.41) is 14.9. The van der Waals surface area contributed by atoms with Gasteiger partial charge in [-0.15, -0.1) is 0 Å². The minimum Gasteiger partial charge on any atom is -0.354 e. The van der Waals surface area contributed by atoms with Crippen molar-refractivity contribution >= 4 is 62.3 Å². The van der Waals surface area contributed by atoms with Crippen LogP contribution in [0.5, 0.6) is 0 Å². The van der Waals surface area contributed by atoms with E-state index >= 15 is 0 Å². The molecule has 3 aromatic rings. The molecule has 3 rings (SSSR count). The van der Waals surface area contributed by atoms with Crippen molar-refractivity contribution in [3.63, 3.8) is 0 Å². The Balaban J connectivity index is 1.67. The number of halogens is 2. The highest BCUT2D eigenvalue weighted by Crippen LogP contribution is 2.27. The lowest BCUT2D eigenvalue weighted by atomic mass is 10.2. The molecule has 0 aromatic heterocycles. The Morgan fingerprint density at radius 3 is 2.43 bits per heavy atom. The molecule has 0 unspecified atom stereocenters. The van der Waals surface area contributed by atoms with E-state index in [0.717, 1.165) is 15.9 Å². The van der Waals surface area contributed by atoms with Crippen molar-refractivity contribution in [2.75, 3.05) is 23.1 Å². The standard InChI is InChI=1S/C23H21Cl2N3O5S2/c24-21-10-9-17(13-22(21)25)16-34-12-11-26-23(29)15-27(18-5-4-6-19(14-18)28(30)31)35(32,33)20-7-2-1-3-8-20/h1-10,13-14H,11-12,15-16H2,(H,26,29). The molecule has 1 N–H and O–H groups in total. The molecule has 8 nitrogen and oxygen atoms in total. The number of benzene rings is 3. The lowest BCUT2D eigenvalue weighted by molar-refractivity contribution is -0.384. The maximum atomic E-state index is 13.3. The summed E-state index contributed by atoms with van der Waals surface area (Å²) in [6.45, 7) is -0.227. The highest BCUT2D eigenvalue weighted by Gasteiger charge is 2.28. The van der Waals surface area contributed by atoms with Crippen molar-refractivity contribution in [2.24, 2.45) is 0 Å². The van der Waals surface area contributed by atoms with E-state index in [2.05, 4.69) is 5.32 Å². The molecular formula is C23H21Cl2N3O5S2. The van der Waals surface area contributed by atoms with Crippen molar-refractivity contribution < 1.29 is 18.1 Å². The van der Waals surface area contributed by atoms with Crippen LogP contribution in [0.3, 0.4) is 0 Å². The van der Waals surface area contributed by atoms with Gasteiger partial charge in [0.05, 0.1) is 25.6 Å². The second kappa shape index (κ2) is 12.3.